The van der Waals surface area contributed by atoms with E-state index in [4.69, 9.17) is 11.8 Å². The highest BCUT2D eigenvalue weighted by molar-refractivity contribution is 6.21. The van der Waals surface area contributed by atoms with E-state index in [0.717, 1.165) is 6.42 Å². The lowest BCUT2D eigenvalue weighted by Gasteiger charge is -2.23. The lowest BCUT2D eigenvalue weighted by molar-refractivity contribution is 0.234. The van der Waals surface area contributed by atoms with Crippen LogP contribution >= 0.6 is 11.8 Å². The minimum absolute atomic E-state index is 0.182. The molecule has 60 valence electrons. The number of nitrogens with one attached hydrogen (secondary N) is 2. The number of halogens is 1. The molecule has 4 heteroatoms. The van der Waals surface area contributed by atoms with Gasteiger partial charge in [-0.15, -0.1) is 0 Å². The fraction of sp³-hybridized carbons (Fsp3) is 0.833. The maximum absolute atomic E-state index is 10.6. The van der Waals surface area contributed by atoms with Gasteiger partial charge in [0, 0.05) is 17.3 Å². The number of rotatable bonds is 2. The van der Waals surface area contributed by atoms with Gasteiger partial charge in [0.05, 0.1) is 0 Å². The number of hydrogen-bond acceptors (Lipinski definition) is 1. The predicted octanol–water partition coefficient (Wildman–Crippen LogP) is 1.63. The van der Waals surface area contributed by atoms with Gasteiger partial charge in [0.25, 0.3) is 0 Å². The Morgan fingerprint density at radius 3 is 2.40 bits per heavy atom. The molecule has 0 aromatic heterocycles. The first-order valence-corrected chi connectivity index (χ1v) is 3.58. The van der Waals surface area contributed by atoms with Crippen molar-refractivity contribution in [1.29, 1.82) is 0 Å². The average Bonchev–Trinajstić information content (AvgIpc) is 1.87. The van der Waals surface area contributed by atoms with E-state index in [0.29, 0.717) is 0 Å². The highest BCUT2D eigenvalue weighted by Crippen LogP contribution is 2.05. The molecule has 0 saturated carbocycles. The summed E-state index contributed by atoms with van der Waals surface area (Å²) < 4.78 is 0. The summed E-state index contributed by atoms with van der Waals surface area (Å²) in [5.74, 6) is 0. The van der Waals surface area contributed by atoms with Crippen LogP contribution < -0.4 is 10.2 Å². The summed E-state index contributed by atoms with van der Waals surface area (Å²) in [4.78, 5) is 12.6. The van der Waals surface area contributed by atoms with Gasteiger partial charge in [-0.2, -0.15) is 0 Å². The lowest BCUT2D eigenvalue weighted by atomic mass is 10.0. The number of carbonyl (C=O) groups excluding carboxylic acids is 1. The highest BCUT2D eigenvalue weighted by Gasteiger charge is 2.16. The van der Waals surface area contributed by atoms with Gasteiger partial charge in [-0.3, -0.25) is 0 Å². The first-order valence-electron chi connectivity index (χ1n) is 3.20. The zero-order valence-corrected chi connectivity index (χ0v) is 7.25. The molecule has 0 heterocycles. The Bertz CT molecular complexity index is 125. The molecule has 0 fully saturated rings. The number of carbonyl (C=O) groups is 1. The smallest absolute Gasteiger partial charge is 0.329 e. The fourth-order valence-corrected chi connectivity index (χ4v) is 0.467. The van der Waals surface area contributed by atoms with Gasteiger partial charge in [0.15, 0.2) is 0 Å². The molecule has 3 nitrogen and oxygen atoms in total. The molecule has 2 N–H and O–H groups in total. The van der Waals surface area contributed by atoms with Crippen molar-refractivity contribution in [3.8, 4) is 0 Å². The molecular weight excluding hydrogens is 152 g/mol. The quantitative estimate of drug-likeness (QED) is 0.599. The molecule has 2 amide bonds. The summed E-state index contributed by atoms with van der Waals surface area (Å²) in [6.45, 7) is 5.85. The second kappa shape index (κ2) is 3.66. The lowest BCUT2D eigenvalue weighted by Crippen LogP contribution is -2.45. The zero-order valence-electron chi connectivity index (χ0n) is 6.49. The fourth-order valence-electron chi connectivity index (χ4n) is 0.419. The molecule has 0 atom stereocenters. The topological polar surface area (TPSA) is 41.1 Å². The van der Waals surface area contributed by atoms with Gasteiger partial charge in [-0.05, 0) is 20.3 Å². The van der Waals surface area contributed by atoms with Gasteiger partial charge in [0.2, 0.25) is 0 Å². The molecule has 0 aromatic rings. The van der Waals surface area contributed by atoms with E-state index in [1.54, 1.807) is 0 Å². The summed E-state index contributed by atoms with van der Waals surface area (Å²) in [6, 6.07) is -0.353. The van der Waals surface area contributed by atoms with Crippen LogP contribution in [0.15, 0.2) is 0 Å². The third-order valence-corrected chi connectivity index (χ3v) is 1.59. The summed E-state index contributed by atoms with van der Waals surface area (Å²) >= 11 is 5.05. The van der Waals surface area contributed by atoms with Crippen molar-refractivity contribution in [3.63, 3.8) is 0 Å². The maximum Gasteiger partial charge on any atom is 0.329 e. The van der Waals surface area contributed by atoms with E-state index in [1.165, 1.54) is 0 Å². The predicted molar refractivity (Wildman–Crippen MR) is 41.9 cm³/mol. The number of amides is 2. The molecule has 10 heavy (non-hydrogen) atoms. The van der Waals surface area contributed by atoms with E-state index >= 15 is 0 Å². The van der Waals surface area contributed by atoms with Gasteiger partial charge < -0.3 is 5.32 Å². The van der Waals surface area contributed by atoms with E-state index in [2.05, 4.69) is 5.32 Å². The molecule has 0 radical (unpaired) electrons. The first-order chi connectivity index (χ1) is 4.52. The van der Waals surface area contributed by atoms with Crippen molar-refractivity contribution >= 4 is 17.8 Å². The van der Waals surface area contributed by atoms with Crippen LogP contribution in [0.1, 0.15) is 27.2 Å². The number of urea groups is 1. The van der Waals surface area contributed by atoms with Crippen molar-refractivity contribution in [1.82, 2.24) is 10.2 Å². The summed E-state index contributed by atoms with van der Waals surface area (Å²) in [5, 5.41) is 2.67. The maximum atomic E-state index is 10.6. The Balaban J connectivity index is 3.76. The van der Waals surface area contributed by atoms with Crippen LogP contribution in [0, 0.1) is 0 Å². The molecule has 0 spiro atoms. The normalized spacial score (nSPS) is 10.8. The third-order valence-electron chi connectivity index (χ3n) is 1.42. The number of hydrogen-bond donors (Lipinski definition) is 2. The van der Waals surface area contributed by atoms with Gasteiger partial charge in [-0.25, -0.2) is 9.63 Å². The molecule has 0 saturated heterocycles. The Labute approximate surface area is 66.2 Å². The summed E-state index contributed by atoms with van der Waals surface area (Å²) in [5.41, 5.74) is -0.182. The third kappa shape index (κ3) is 3.56. The van der Waals surface area contributed by atoms with E-state index < -0.39 is 0 Å². The molecular formula is C6H13ClN2O. The molecule has 0 bridgehead atoms. The average molecular weight is 165 g/mol. The van der Waals surface area contributed by atoms with E-state index in [1.807, 2.05) is 25.6 Å². The zero-order chi connectivity index (χ0) is 8.20. The summed E-state index contributed by atoms with van der Waals surface area (Å²) in [7, 11) is 0. The van der Waals surface area contributed by atoms with Crippen LogP contribution in [0.3, 0.4) is 0 Å². The molecule has 0 unspecified atom stereocenters. The largest absolute Gasteiger partial charge is 0.332 e. The van der Waals surface area contributed by atoms with Crippen LogP contribution in [-0.2, 0) is 0 Å². The van der Waals surface area contributed by atoms with E-state index in [9.17, 15) is 4.79 Å². The Kier molecular flexibility index (Phi) is 3.50. The van der Waals surface area contributed by atoms with Gasteiger partial charge in [-0.1, -0.05) is 6.92 Å². The van der Waals surface area contributed by atoms with Crippen LogP contribution in [0.2, 0.25) is 0 Å². The molecule has 0 aromatic carbocycles. The van der Waals surface area contributed by atoms with Crippen LogP contribution in [0.4, 0.5) is 4.79 Å². The Morgan fingerprint density at radius 1 is 1.60 bits per heavy atom. The van der Waals surface area contributed by atoms with E-state index in [-0.39, 0.29) is 11.6 Å². The van der Waals surface area contributed by atoms with Crippen molar-refractivity contribution in [2.24, 2.45) is 0 Å². The molecule has 0 aliphatic rings. The van der Waals surface area contributed by atoms with Crippen molar-refractivity contribution in [2.75, 3.05) is 0 Å². The first kappa shape index (κ1) is 9.56. The summed E-state index contributed by atoms with van der Waals surface area (Å²) in [6.07, 6.45) is 0.872. The second-order valence-electron chi connectivity index (χ2n) is 2.79. The Morgan fingerprint density at radius 2 is 2.10 bits per heavy atom. The standard InChI is InChI=1S/C6H13ClN2O/c1-4-6(2,3)8-5(10)9-7/h4H2,1-3H3,(H2,8,9,10). The monoisotopic (exact) mass is 164 g/mol. The minimum atomic E-state index is -0.353. The van der Waals surface area contributed by atoms with Crippen molar-refractivity contribution in [3.05, 3.63) is 0 Å². The molecule has 0 aliphatic carbocycles. The van der Waals surface area contributed by atoms with Gasteiger partial charge in [0.1, 0.15) is 0 Å². The van der Waals surface area contributed by atoms with Crippen LogP contribution in [-0.4, -0.2) is 11.6 Å². The molecule has 0 rings (SSSR count). The molecule has 0 aliphatic heterocycles. The Hall–Kier alpha value is -0.440. The minimum Gasteiger partial charge on any atom is -0.332 e. The van der Waals surface area contributed by atoms with Crippen molar-refractivity contribution in [2.45, 2.75) is 32.7 Å². The SMILES string of the molecule is CCC(C)(C)NC(=O)NCl. The van der Waals surface area contributed by atoms with Gasteiger partial charge >= 0.3 is 6.03 Å². The second-order valence-corrected chi connectivity index (χ2v) is 2.98. The van der Waals surface area contributed by atoms with Crippen LogP contribution in [0.25, 0.3) is 0 Å². The van der Waals surface area contributed by atoms with Crippen molar-refractivity contribution < 1.29 is 4.79 Å². The van der Waals surface area contributed by atoms with Crippen LogP contribution in [0.5, 0.6) is 0 Å². The highest BCUT2D eigenvalue weighted by atomic mass is 35.5.